The Labute approximate surface area is 276 Å². The molecule has 2 aliphatic rings. The molecule has 0 bridgehead atoms. The van der Waals surface area contributed by atoms with Gasteiger partial charge in [-0.25, -0.2) is 0 Å². The Balaban J connectivity index is 1.68. The van der Waals surface area contributed by atoms with Crippen LogP contribution in [0.1, 0.15) is 73.4 Å². The summed E-state index contributed by atoms with van der Waals surface area (Å²) in [5.41, 5.74) is 1.93. The third-order valence-corrected chi connectivity index (χ3v) is 9.34. The molecule has 2 aliphatic carbocycles. The van der Waals surface area contributed by atoms with Crippen LogP contribution < -0.4 is 9.64 Å². The van der Waals surface area contributed by atoms with Gasteiger partial charge >= 0.3 is 12.2 Å². The Bertz CT molecular complexity index is 1540. The van der Waals surface area contributed by atoms with Gasteiger partial charge in [0.05, 0.1) is 23.9 Å². The lowest BCUT2D eigenvalue weighted by Crippen LogP contribution is -2.33. The Morgan fingerprint density at radius 1 is 1.23 bits per heavy atom. The number of carbonyl (C=O) groups is 1. The van der Waals surface area contributed by atoms with Gasteiger partial charge in [0.25, 0.3) is 0 Å². The highest BCUT2D eigenvalue weighted by atomic mass is 19.4. The van der Waals surface area contributed by atoms with E-state index in [2.05, 4.69) is 30.7 Å². The van der Waals surface area contributed by atoms with Crippen LogP contribution >= 0.6 is 0 Å². The van der Waals surface area contributed by atoms with E-state index in [1.807, 2.05) is 19.1 Å². The SMILES string of the molecule is C=CC(=O)C(=C)CCN(C[C@@H](C)CC#N)c1nc(OC[C@@H]2CCCC2C=C)nc2c1CCC(/C=C/c1cccc(C)c1C(F)(F)F)C2. The van der Waals surface area contributed by atoms with E-state index in [0.717, 1.165) is 30.5 Å². The van der Waals surface area contributed by atoms with E-state index in [1.54, 1.807) is 12.1 Å². The molecule has 6 nitrogen and oxygen atoms in total. The zero-order valence-electron chi connectivity index (χ0n) is 27.5. The molecule has 4 rings (SSSR count). The van der Waals surface area contributed by atoms with Crippen molar-refractivity contribution in [1.29, 1.82) is 5.26 Å². The lowest BCUT2D eigenvalue weighted by atomic mass is 9.86. The lowest BCUT2D eigenvalue weighted by Gasteiger charge is -2.32. The van der Waals surface area contributed by atoms with Crippen molar-refractivity contribution in [2.45, 2.75) is 71.4 Å². The number of halogens is 3. The van der Waals surface area contributed by atoms with Gasteiger partial charge in [-0.3, -0.25) is 4.79 Å². The highest BCUT2D eigenvalue weighted by Crippen LogP contribution is 2.38. The van der Waals surface area contributed by atoms with Crippen molar-refractivity contribution in [2.24, 2.45) is 23.7 Å². The zero-order valence-corrected chi connectivity index (χ0v) is 27.5. The van der Waals surface area contributed by atoms with Crippen molar-refractivity contribution >= 4 is 17.7 Å². The molecule has 2 unspecified atom stereocenters. The number of rotatable bonds is 15. The number of hydrogen-bond acceptors (Lipinski definition) is 6. The number of nitrogens with zero attached hydrogens (tertiary/aromatic N) is 4. The summed E-state index contributed by atoms with van der Waals surface area (Å²) in [4.78, 5) is 24.1. The van der Waals surface area contributed by atoms with Crippen molar-refractivity contribution in [2.75, 3.05) is 24.6 Å². The third kappa shape index (κ3) is 9.21. The summed E-state index contributed by atoms with van der Waals surface area (Å²) < 4.78 is 47.9. The van der Waals surface area contributed by atoms with Crippen molar-refractivity contribution in [1.82, 2.24) is 9.97 Å². The van der Waals surface area contributed by atoms with Crippen LogP contribution in [0.4, 0.5) is 19.0 Å². The first-order chi connectivity index (χ1) is 22.4. The number of alkyl halides is 3. The molecule has 0 spiro atoms. The van der Waals surface area contributed by atoms with Crippen molar-refractivity contribution < 1.29 is 22.7 Å². The predicted octanol–water partition coefficient (Wildman–Crippen LogP) is 8.66. The van der Waals surface area contributed by atoms with Crippen LogP contribution in [0.3, 0.4) is 0 Å². The minimum absolute atomic E-state index is 0.0293. The number of aromatic nitrogens is 2. The molecule has 1 saturated carbocycles. The second kappa shape index (κ2) is 16.1. The Morgan fingerprint density at radius 2 is 2.02 bits per heavy atom. The lowest BCUT2D eigenvalue weighted by molar-refractivity contribution is -0.138. The Kier molecular flexibility index (Phi) is 12.2. The highest BCUT2D eigenvalue weighted by Gasteiger charge is 2.35. The first-order valence-electron chi connectivity index (χ1n) is 16.4. The molecule has 1 aromatic heterocycles. The van der Waals surface area contributed by atoms with E-state index >= 15 is 0 Å². The van der Waals surface area contributed by atoms with E-state index < -0.39 is 11.7 Å². The van der Waals surface area contributed by atoms with E-state index in [4.69, 9.17) is 14.7 Å². The summed E-state index contributed by atoms with van der Waals surface area (Å²) in [6.07, 6.45) is 8.08. The first kappa shape index (κ1) is 35.7. The normalized spacial score (nSPS) is 19.9. The van der Waals surface area contributed by atoms with Gasteiger partial charge in [0.15, 0.2) is 5.78 Å². The molecule has 0 aliphatic heterocycles. The molecular formula is C38H45F3N4O2. The summed E-state index contributed by atoms with van der Waals surface area (Å²) in [5.74, 6) is 1.19. The number of benzene rings is 1. The number of aryl methyl sites for hydroxylation is 1. The molecule has 2 aromatic rings. The van der Waals surface area contributed by atoms with Gasteiger partial charge in [-0.05, 0) is 91.9 Å². The second-order valence-corrected chi connectivity index (χ2v) is 12.9. The predicted molar refractivity (Wildman–Crippen MR) is 180 cm³/mol. The van der Waals surface area contributed by atoms with Crippen LogP contribution in [0.2, 0.25) is 0 Å². The molecular weight excluding hydrogens is 601 g/mol. The number of nitriles is 1. The fraction of sp³-hybridized carbons (Fsp3) is 0.474. The first-order valence-corrected chi connectivity index (χ1v) is 16.4. The Hall–Kier alpha value is -4.19. The fourth-order valence-corrected chi connectivity index (χ4v) is 6.73. The van der Waals surface area contributed by atoms with Gasteiger partial charge in [-0.15, -0.1) is 6.58 Å². The number of allylic oxidation sites excluding steroid dienone is 3. The molecule has 1 heterocycles. The highest BCUT2D eigenvalue weighted by molar-refractivity contribution is 6.03. The van der Waals surface area contributed by atoms with E-state index in [9.17, 15) is 23.2 Å². The van der Waals surface area contributed by atoms with Crippen LogP contribution in [0.15, 0.2) is 61.7 Å². The standard InChI is InChI=1S/C38H45F3N4O2/c1-6-29-11-9-13-31(29)24-47-37-43-33-22-28(14-16-30-12-8-10-27(5)35(30)38(39,40)41)15-17-32(33)36(44-37)45(23-25(3)18-20-42)21-19-26(4)34(46)7-2/h6-8,10,12,14,16,25,28-29,31H,1-2,4,9,11,13,15,17-19,21-24H2,3,5H3/b16-14+/t25-,28?,29?,31-/m0/s1. The molecule has 47 heavy (non-hydrogen) atoms. The summed E-state index contributed by atoms with van der Waals surface area (Å²) in [6, 6.07) is 7.13. The molecule has 0 amide bonds. The topological polar surface area (TPSA) is 79.1 Å². The van der Waals surface area contributed by atoms with Gasteiger partial charge in [0.1, 0.15) is 5.82 Å². The minimum atomic E-state index is -4.45. The fourth-order valence-electron chi connectivity index (χ4n) is 6.73. The van der Waals surface area contributed by atoms with Crippen LogP contribution in [-0.2, 0) is 23.8 Å². The van der Waals surface area contributed by atoms with Gasteiger partial charge in [-0.2, -0.15) is 28.4 Å². The average Bonchev–Trinajstić information content (AvgIpc) is 3.50. The van der Waals surface area contributed by atoms with Gasteiger partial charge in [0.2, 0.25) is 0 Å². The molecule has 4 atom stereocenters. The average molecular weight is 647 g/mol. The van der Waals surface area contributed by atoms with E-state index in [-0.39, 0.29) is 34.8 Å². The van der Waals surface area contributed by atoms with Crippen molar-refractivity contribution in [3.05, 3.63) is 89.7 Å². The number of hydrogen-bond donors (Lipinski definition) is 0. The van der Waals surface area contributed by atoms with Crippen molar-refractivity contribution in [3.8, 4) is 12.1 Å². The van der Waals surface area contributed by atoms with Gasteiger partial charge < -0.3 is 9.64 Å². The molecule has 0 N–H and O–H groups in total. The summed E-state index contributed by atoms with van der Waals surface area (Å²) in [5, 5.41) is 9.37. The van der Waals surface area contributed by atoms with Crippen LogP contribution in [-0.4, -0.2) is 35.4 Å². The molecule has 0 saturated heterocycles. The number of ether oxygens (including phenoxy) is 1. The van der Waals surface area contributed by atoms with Gasteiger partial charge in [0, 0.05) is 25.1 Å². The monoisotopic (exact) mass is 646 g/mol. The smallest absolute Gasteiger partial charge is 0.417 e. The second-order valence-electron chi connectivity index (χ2n) is 12.9. The maximum absolute atomic E-state index is 13.9. The summed E-state index contributed by atoms with van der Waals surface area (Å²) in [6.45, 7) is 16.4. The number of anilines is 1. The van der Waals surface area contributed by atoms with Crippen molar-refractivity contribution in [3.63, 3.8) is 0 Å². The summed E-state index contributed by atoms with van der Waals surface area (Å²) >= 11 is 0. The third-order valence-electron chi connectivity index (χ3n) is 9.34. The van der Waals surface area contributed by atoms with Gasteiger partial charge in [-0.1, -0.05) is 62.9 Å². The number of ketones is 1. The van der Waals surface area contributed by atoms with Crippen LogP contribution in [0.25, 0.3) is 6.08 Å². The number of carbonyl (C=O) groups excluding carboxylic acids is 1. The molecule has 9 heteroatoms. The molecule has 1 aromatic carbocycles. The molecule has 0 radical (unpaired) electrons. The quantitative estimate of drug-likeness (QED) is 0.142. The molecule has 1 fully saturated rings. The largest absolute Gasteiger partial charge is 0.463 e. The van der Waals surface area contributed by atoms with E-state index in [0.29, 0.717) is 75.0 Å². The minimum Gasteiger partial charge on any atom is -0.463 e. The van der Waals surface area contributed by atoms with E-state index in [1.165, 1.54) is 25.1 Å². The maximum Gasteiger partial charge on any atom is 0.417 e. The van der Waals surface area contributed by atoms with Crippen LogP contribution in [0, 0.1) is 41.9 Å². The maximum atomic E-state index is 13.9. The number of fused-ring (bicyclic) bond motifs is 1. The summed E-state index contributed by atoms with van der Waals surface area (Å²) in [7, 11) is 0. The Morgan fingerprint density at radius 3 is 2.72 bits per heavy atom. The molecule has 250 valence electrons. The zero-order chi connectivity index (χ0) is 34.1. The van der Waals surface area contributed by atoms with Crippen LogP contribution in [0.5, 0.6) is 6.01 Å².